The molecule has 2 fully saturated rings. The normalized spacial score (nSPS) is 39.9. The van der Waals surface area contributed by atoms with Crippen LogP contribution in [0.2, 0.25) is 0 Å². The highest BCUT2D eigenvalue weighted by Gasteiger charge is 2.65. The monoisotopic (exact) mass is 427 g/mol. The summed E-state index contributed by atoms with van der Waals surface area (Å²) in [5.74, 6) is 0.513. The zero-order chi connectivity index (χ0) is 21.7. The summed E-state index contributed by atoms with van der Waals surface area (Å²) in [6.45, 7) is 2.49. The summed E-state index contributed by atoms with van der Waals surface area (Å²) in [6, 6.07) is 7.40. The second-order valence-electron chi connectivity index (χ2n) is 11.4. The molecular weight excluding hydrogens is 394 g/mol. The Morgan fingerprint density at radius 3 is 2.97 bits per heavy atom. The largest absolute Gasteiger partial charge is 0.359 e. The summed E-state index contributed by atoms with van der Waals surface area (Å²) in [5.41, 5.74) is 7.01. The van der Waals surface area contributed by atoms with Gasteiger partial charge < -0.3 is 9.64 Å². The molecule has 166 valence electrons. The third-order valence-corrected chi connectivity index (χ3v) is 9.73. The number of aromatic amines is 1. The molecule has 3 heterocycles. The van der Waals surface area contributed by atoms with Gasteiger partial charge in [-0.1, -0.05) is 37.3 Å². The molecule has 32 heavy (non-hydrogen) atoms. The van der Waals surface area contributed by atoms with E-state index < -0.39 is 0 Å². The molecule has 1 aromatic heterocycles. The van der Waals surface area contributed by atoms with Crippen molar-refractivity contribution >= 4 is 16.5 Å². The number of nitrogens with zero attached hydrogens (tertiary/aromatic N) is 2. The van der Waals surface area contributed by atoms with Crippen LogP contribution in [0, 0.1) is 11.3 Å². The Morgan fingerprint density at radius 2 is 2.09 bits per heavy atom. The first-order valence-electron chi connectivity index (χ1n) is 12.4. The highest BCUT2D eigenvalue weighted by molar-refractivity contribution is 5.84. The van der Waals surface area contributed by atoms with Gasteiger partial charge in [0, 0.05) is 22.8 Å². The van der Waals surface area contributed by atoms with E-state index in [1.807, 2.05) is 6.20 Å². The number of fused-ring (bicyclic) bond motifs is 2. The zero-order valence-electron chi connectivity index (χ0n) is 19.4. The molecule has 2 bridgehead atoms. The van der Waals surface area contributed by atoms with Crippen LogP contribution in [0.5, 0.6) is 0 Å². The van der Waals surface area contributed by atoms with Crippen molar-refractivity contribution in [1.82, 2.24) is 15.1 Å². The van der Waals surface area contributed by atoms with Crippen LogP contribution in [0.1, 0.15) is 57.4 Å². The molecule has 0 amide bonds. The second kappa shape index (κ2) is 6.24. The Morgan fingerprint density at radius 1 is 1.19 bits per heavy atom. The topological polar surface area (TPSA) is 41.2 Å². The number of benzene rings is 1. The van der Waals surface area contributed by atoms with Crippen molar-refractivity contribution < 1.29 is 4.74 Å². The van der Waals surface area contributed by atoms with Crippen molar-refractivity contribution in [3.8, 4) is 0 Å². The first-order valence-corrected chi connectivity index (χ1v) is 12.4. The van der Waals surface area contributed by atoms with Crippen molar-refractivity contribution in [3.63, 3.8) is 0 Å². The smallest absolute Gasteiger partial charge is 0.0980 e. The summed E-state index contributed by atoms with van der Waals surface area (Å²) < 4.78 is 7.37. The number of allylic oxidation sites excluding steroid dienone is 3. The zero-order valence-corrected chi connectivity index (χ0v) is 19.4. The Balaban J connectivity index is 1.29. The molecule has 2 aromatic rings. The van der Waals surface area contributed by atoms with Gasteiger partial charge in [-0.15, -0.1) is 0 Å². The van der Waals surface area contributed by atoms with Crippen LogP contribution < -0.4 is 0 Å². The SMILES string of the molecule is CN(C)[C@@H]1CCC2=CC3=CCC4(C)C(c5ccc6cn[nH]c6c5)=CC[C@H]4[C@@]34CC[C@]2(C1)O4. The summed E-state index contributed by atoms with van der Waals surface area (Å²) >= 11 is 0. The van der Waals surface area contributed by atoms with Gasteiger partial charge in [0.1, 0.15) is 0 Å². The fourth-order valence-corrected chi connectivity index (χ4v) is 7.96. The Labute approximate surface area is 190 Å². The van der Waals surface area contributed by atoms with Crippen molar-refractivity contribution in [2.75, 3.05) is 14.1 Å². The maximum atomic E-state index is 7.37. The Kier molecular flexibility index (Phi) is 3.76. The van der Waals surface area contributed by atoms with Crippen molar-refractivity contribution in [2.24, 2.45) is 11.3 Å². The molecule has 4 heteroatoms. The fraction of sp³-hybridized carbons (Fsp3) is 0.536. The fourth-order valence-electron chi connectivity index (χ4n) is 7.96. The average molecular weight is 428 g/mol. The molecule has 5 atom stereocenters. The van der Waals surface area contributed by atoms with E-state index in [-0.39, 0.29) is 16.6 Å². The van der Waals surface area contributed by atoms with Crippen LogP contribution in [0.15, 0.2) is 53.8 Å². The molecule has 1 N–H and O–H groups in total. The van der Waals surface area contributed by atoms with Crippen molar-refractivity contribution in [1.29, 1.82) is 0 Å². The van der Waals surface area contributed by atoms with Gasteiger partial charge in [-0.3, -0.25) is 5.10 Å². The summed E-state index contributed by atoms with van der Waals surface area (Å²) in [4.78, 5) is 2.41. The molecule has 5 aliphatic rings. The lowest BCUT2D eigenvalue weighted by Crippen LogP contribution is -2.54. The molecule has 1 saturated carbocycles. The molecule has 0 radical (unpaired) electrons. The van der Waals surface area contributed by atoms with E-state index in [1.54, 1.807) is 5.57 Å². The Hall–Kier alpha value is -2.17. The number of hydrogen-bond acceptors (Lipinski definition) is 3. The predicted molar refractivity (Wildman–Crippen MR) is 128 cm³/mol. The van der Waals surface area contributed by atoms with Crippen LogP contribution in [-0.2, 0) is 4.74 Å². The summed E-state index contributed by atoms with van der Waals surface area (Å²) in [5, 5.41) is 8.56. The molecule has 1 saturated heterocycles. The van der Waals surface area contributed by atoms with Gasteiger partial charge in [0.05, 0.1) is 22.9 Å². The van der Waals surface area contributed by atoms with Crippen molar-refractivity contribution in [3.05, 3.63) is 59.3 Å². The maximum Gasteiger partial charge on any atom is 0.0980 e. The molecule has 2 spiro atoms. The summed E-state index contributed by atoms with van der Waals surface area (Å²) in [7, 11) is 4.46. The van der Waals surface area contributed by atoms with E-state index in [4.69, 9.17) is 4.74 Å². The minimum absolute atomic E-state index is 0.0274. The van der Waals surface area contributed by atoms with Crippen LogP contribution in [0.25, 0.3) is 16.5 Å². The minimum atomic E-state index is -0.110. The van der Waals surface area contributed by atoms with Crippen LogP contribution >= 0.6 is 0 Å². The van der Waals surface area contributed by atoms with Crippen LogP contribution in [0.3, 0.4) is 0 Å². The number of rotatable bonds is 2. The highest BCUT2D eigenvalue weighted by atomic mass is 16.5. The van der Waals surface area contributed by atoms with Gasteiger partial charge in [-0.2, -0.15) is 5.10 Å². The lowest BCUT2D eigenvalue weighted by Gasteiger charge is -2.54. The molecular formula is C28H33N3O. The first kappa shape index (κ1) is 19.3. The van der Waals surface area contributed by atoms with E-state index in [2.05, 4.69) is 72.5 Å². The van der Waals surface area contributed by atoms with Gasteiger partial charge in [-0.25, -0.2) is 0 Å². The van der Waals surface area contributed by atoms with Gasteiger partial charge in [0.25, 0.3) is 0 Å². The molecule has 3 aliphatic carbocycles. The van der Waals surface area contributed by atoms with E-state index in [9.17, 15) is 0 Å². The van der Waals surface area contributed by atoms with E-state index in [0.717, 1.165) is 24.8 Å². The van der Waals surface area contributed by atoms with E-state index >= 15 is 0 Å². The van der Waals surface area contributed by atoms with Gasteiger partial charge in [0.15, 0.2) is 0 Å². The van der Waals surface area contributed by atoms with E-state index in [1.165, 1.54) is 47.8 Å². The number of H-pyrrole nitrogens is 1. The molecule has 4 nitrogen and oxygen atoms in total. The first-order chi connectivity index (χ1) is 15.4. The number of hydrogen-bond donors (Lipinski definition) is 1. The third kappa shape index (κ3) is 2.32. The number of ether oxygens (including phenoxy) is 1. The standard InChI is InChI=1S/C28H33N3O/c1-26-11-10-21-15-20-6-7-22(31(2)3)16-27(20)12-13-28(21,32-27)25(26)9-8-23(26)18-4-5-19-17-29-30-24(19)14-18/h4-5,8,10,14-15,17,22,25H,6-7,9,11-13,16H2,1-3H3,(H,29,30)/t22-,25-,26?,27-,28-/m1/s1. The van der Waals surface area contributed by atoms with Crippen LogP contribution in [0.4, 0.5) is 0 Å². The number of aromatic nitrogens is 2. The molecule has 1 aromatic carbocycles. The van der Waals surface area contributed by atoms with Gasteiger partial charge in [-0.05, 0) is 87.4 Å². The predicted octanol–water partition coefficient (Wildman–Crippen LogP) is 5.64. The van der Waals surface area contributed by atoms with Gasteiger partial charge in [0.2, 0.25) is 0 Å². The quantitative estimate of drug-likeness (QED) is 0.674. The lowest BCUT2D eigenvalue weighted by molar-refractivity contribution is -0.134. The van der Waals surface area contributed by atoms with Crippen LogP contribution in [-0.4, -0.2) is 46.4 Å². The number of nitrogens with one attached hydrogen (secondary N) is 1. The Bertz CT molecular complexity index is 1220. The highest BCUT2D eigenvalue weighted by Crippen LogP contribution is 2.67. The molecule has 7 rings (SSSR count). The second-order valence-corrected chi connectivity index (χ2v) is 11.4. The third-order valence-electron chi connectivity index (χ3n) is 9.73. The average Bonchev–Trinajstić information content (AvgIpc) is 3.47. The molecule has 2 aliphatic heterocycles. The summed E-state index contributed by atoms with van der Waals surface area (Å²) in [6.07, 6.45) is 17.7. The van der Waals surface area contributed by atoms with Gasteiger partial charge >= 0.3 is 0 Å². The maximum absolute atomic E-state index is 7.37. The van der Waals surface area contributed by atoms with Crippen molar-refractivity contribution in [2.45, 2.75) is 69.1 Å². The van der Waals surface area contributed by atoms with E-state index in [0.29, 0.717) is 12.0 Å². The lowest BCUT2D eigenvalue weighted by atomic mass is 9.58. The minimum Gasteiger partial charge on any atom is -0.359 e. The molecule has 1 unspecified atom stereocenters.